The second-order valence-corrected chi connectivity index (χ2v) is 6.96. The predicted molar refractivity (Wildman–Crippen MR) is 75.9 cm³/mol. The molecule has 110 valence electrons. The molecule has 2 rings (SSSR count). The maximum Gasteiger partial charge on any atom is 0.223 e. The number of amides is 1. The van der Waals surface area contributed by atoms with Gasteiger partial charge in [-0.05, 0) is 59.0 Å². The van der Waals surface area contributed by atoms with Crippen LogP contribution in [0.15, 0.2) is 0 Å². The second kappa shape index (κ2) is 5.80. The smallest absolute Gasteiger partial charge is 0.223 e. The average molecular weight is 268 g/mol. The molecule has 0 radical (unpaired) electrons. The molecule has 19 heavy (non-hydrogen) atoms. The number of hydrogen-bond acceptors (Lipinski definition) is 3. The minimum absolute atomic E-state index is 0.193. The lowest BCUT2D eigenvalue weighted by Gasteiger charge is -2.44. The van der Waals surface area contributed by atoms with Crippen molar-refractivity contribution in [3.8, 4) is 0 Å². The molecule has 2 atom stereocenters. The zero-order chi connectivity index (χ0) is 14.0. The summed E-state index contributed by atoms with van der Waals surface area (Å²) in [7, 11) is 2.15. The van der Waals surface area contributed by atoms with E-state index in [9.17, 15) is 9.90 Å². The van der Waals surface area contributed by atoms with Crippen LogP contribution in [0.25, 0.3) is 0 Å². The van der Waals surface area contributed by atoms with Crippen LogP contribution in [0.5, 0.6) is 0 Å². The highest BCUT2D eigenvalue weighted by atomic mass is 16.3. The Kier molecular flexibility index (Phi) is 4.51. The van der Waals surface area contributed by atoms with Gasteiger partial charge in [0.1, 0.15) is 0 Å². The summed E-state index contributed by atoms with van der Waals surface area (Å²) in [5.74, 6) is 0.957. The summed E-state index contributed by atoms with van der Waals surface area (Å²) in [6.07, 6.45) is 4.08. The Bertz CT molecular complexity index is 330. The van der Waals surface area contributed by atoms with Crippen LogP contribution >= 0.6 is 0 Å². The SMILES string of the molecule is CN1CCC(CCC(=O)N2CCC(O)CC2(C)C)C1. The van der Waals surface area contributed by atoms with Gasteiger partial charge >= 0.3 is 0 Å². The van der Waals surface area contributed by atoms with Crippen molar-refractivity contribution in [3.63, 3.8) is 0 Å². The molecule has 1 N–H and O–H groups in total. The third-order valence-electron chi connectivity index (χ3n) is 4.71. The molecule has 0 aliphatic carbocycles. The quantitative estimate of drug-likeness (QED) is 0.843. The summed E-state index contributed by atoms with van der Waals surface area (Å²) in [5.41, 5.74) is -0.193. The third kappa shape index (κ3) is 3.69. The minimum Gasteiger partial charge on any atom is -0.393 e. The maximum absolute atomic E-state index is 12.4. The van der Waals surface area contributed by atoms with Crippen molar-refractivity contribution in [2.24, 2.45) is 5.92 Å². The van der Waals surface area contributed by atoms with E-state index in [0.717, 1.165) is 19.4 Å². The maximum atomic E-state index is 12.4. The summed E-state index contributed by atoms with van der Waals surface area (Å²) in [6.45, 7) is 7.14. The van der Waals surface area contributed by atoms with E-state index < -0.39 is 0 Å². The van der Waals surface area contributed by atoms with Crippen molar-refractivity contribution in [2.75, 3.05) is 26.7 Å². The molecule has 0 spiro atoms. The van der Waals surface area contributed by atoms with Crippen LogP contribution < -0.4 is 0 Å². The molecule has 0 aromatic carbocycles. The second-order valence-electron chi connectivity index (χ2n) is 6.96. The molecule has 2 aliphatic rings. The number of likely N-dealkylation sites (tertiary alicyclic amines) is 2. The summed E-state index contributed by atoms with van der Waals surface area (Å²) in [4.78, 5) is 16.7. The van der Waals surface area contributed by atoms with Crippen LogP contribution in [0, 0.1) is 5.92 Å². The van der Waals surface area contributed by atoms with Crippen molar-refractivity contribution in [1.29, 1.82) is 0 Å². The van der Waals surface area contributed by atoms with E-state index in [1.54, 1.807) is 0 Å². The lowest BCUT2D eigenvalue weighted by Crippen LogP contribution is -2.54. The van der Waals surface area contributed by atoms with Gasteiger partial charge in [-0.15, -0.1) is 0 Å². The Hall–Kier alpha value is -0.610. The van der Waals surface area contributed by atoms with E-state index in [2.05, 4.69) is 25.8 Å². The Balaban J connectivity index is 1.82. The fourth-order valence-electron chi connectivity index (χ4n) is 3.56. The first kappa shape index (κ1) is 14.8. The van der Waals surface area contributed by atoms with Gasteiger partial charge in [-0.2, -0.15) is 0 Å². The van der Waals surface area contributed by atoms with Crippen LogP contribution in [0.3, 0.4) is 0 Å². The summed E-state index contributed by atoms with van der Waals surface area (Å²) in [6, 6.07) is 0. The normalized spacial score (nSPS) is 31.7. The standard InChI is InChI=1S/C15H28N2O2/c1-15(2)10-13(18)7-9-17(15)14(19)5-4-12-6-8-16(3)11-12/h12-13,18H,4-11H2,1-3H3. The zero-order valence-electron chi connectivity index (χ0n) is 12.6. The molecule has 2 saturated heterocycles. The van der Waals surface area contributed by atoms with Crippen molar-refractivity contribution in [2.45, 2.75) is 57.6 Å². The fraction of sp³-hybridized carbons (Fsp3) is 0.933. The first-order valence-corrected chi connectivity index (χ1v) is 7.55. The molecule has 0 saturated carbocycles. The largest absolute Gasteiger partial charge is 0.393 e. The van der Waals surface area contributed by atoms with Crippen LogP contribution in [0.4, 0.5) is 0 Å². The highest BCUT2D eigenvalue weighted by Gasteiger charge is 2.36. The summed E-state index contributed by atoms with van der Waals surface area (Å²) >= 11 is 0. The number of rotatable bonds is 3. The van der Waals surface area contributed by atoms with E-state index in [0.29, 0.717) is 25.3 Å². The van der Waals surface area contributed by atoms with Crippen LogP contribution in [0.1, 0.15) is 46.0 Å². The van der Waals surface area contributed by atoms with Crippen molar-refractivity contribution >= 4 is 5.91 Å². The third-order valence-corrected chi connectivity index (χ3v) is 4.71. The summed E-state index contributed by atoms with van der Waals surface area (Å²) < 4.78 is 0. The average Bonchev–Trinajstić information content (AvgIpc) is 2.70. The highest BCUT2D eigenvalue weighted by molar-refractivity contribution is 5.77. The number of carbonyl (C=O) groups is 1. The van der Waals surface area contributed by atoms with Gasteiger partial charge in [-0.25, -0.2) is 0 Å². The van der Waals surface area contributed by atoms with Gasteiger partial charge in [0.2, 0.25) is 5.91 Å². The van der Waals surface area contributed by atoms with Crippen molar-refractivity contribution < 1.29 is 9.90 Å². The first-order valence-electron chi connectivity index (χ1n) is 7.55. The summed E-state index contributed by atoms with van der Waals surface area (Å²) in [5, 5.41) is 9.73. The molecule has 2 unspecified atom stereocenters. The van der Waals surface area contributed by atoms with Gasteiger partial charge in [-0.1, -0.05) is 0 Å². The highest BCUT2D eigenvalue weighted by Crippen LogP contribution is 2.29. The molecular formula is C15H28N2O2. The molecule has 0 bridgehead atoms. The molecule has 4 heteroatoms. The number of aliphatic hydroxyl groups excluding tert-OH is 1. The number of piperidine rings is 1. The predicted octanol–water partition coefficient (Wildman–Crippen LogP) is 1.48. The van der Waals surface area contributed by atoms with E-state index >= 15 is 0 Å². The molecule has 2 heterocycles. The minimum atomic E-state index is -0.248. The monoisotopic (exact) mass is 268 g/mol. The van der Waals surface area contributed by atoms with Gasteiger partial charge in [0.25, 0.3) is 0 Å². The molecule has 0 aromatic heterocycles. The fourth-order valence-corrected chi connectivity index (χ4v) is 3.56. The molecule has 2 aliphatic heterocycles. The molecule has 2 fully saturated rings. The number of hydrogen-bond donors (Lipinski definition) is 1. The van der Waals surface area contributed by atoms with Gasteiger partial charge in [0.15, 0.2) is 0 Å². The molecule has 0 aromatic rings. The van der Waals surface area contributed by atoms with Gasteiger partial charge < -0.3 is 14.9 Å². The molecular weight excluding hydrogens is 240 g/mol. The Morgan fingerprint density at radius 1 is 1.32 bits per heavy atom. The van der Waals surface area contributed by atoms with E-state index in [4.69, 9.17) is 0 Å². The Morgan fingerprint density at radius 2 is 2.05 bits per heavy atom. The van der Waals surface area contributed by atoms with Crippen LogP contribution in [0.2, 0.25) is 0 Å². The molecule has 4 nitrogen and oxygen atoms in total. The van der Waals surface area contributed by atoms with Gasteiger partial charge in [0, 0.05) is 25.0 Å². The van der Waals surface area contributed by atoms with Crippen LogP contribution in [-0.4, -0.2) is 59.1 Å². The lowest BCUT2D eigenvalue weighted by atomic mass is 9.88. The first-order chi connectivity index (χ1) is 8.88. The van der Waals surface area contributed by atoms with Gasteiger partial charge in [0.05, 0.1) is 6.10 Å². The number of carbonyl (C=O) groups excluding carboxylic acids is 1. The number of nitrogens with zero attached hydrogens (tertiary/aromatic N) is 2. The van der Waals surface area contributed by atoms with Crippen LogP contribution in [-0.2, 0) is 4.79 Å². The lowest BCUT2D eigenvalue weighted by molar-refractivity contribution is -0.141. The number of aliphatic hydroxyl groups is 1. The van der Waals surface area contributed by atoms with Crippen molar-refractivity contribution in [3.05, 3.63) is 0 Å². The van der Waals surface area contributed by atoms with E-state index in [-0.39, 0.29) is 17.6 Å². The Labute approximate surface area is 116 Å². The van der Waals surface area contributed by atoms with E-state index in [1.165, 1.54) is 13.0 Å². The topological polar surface area (TPSA) is 43.8 Å². The zero-order valence-corrected chi connectivity index (χ0v) is 12.6. The molecule has 1 amide bonds. The van der Waals surface area contributed by atoms with Crippen molar-refractivity contribution in [1.82, 2.24) is 9.80 Å². The van der Waals surface area contributed by atoms with Gasteiger partial charge in [-0.3, -0.25) is 4.79 Å². The van der Waals surface area contributed by atoms with E-state index in [1.807, 2.05) is 4.90 Å². The Morgan fingerprint density at radius 3 is 2.63 bits per heavy atom.